The first-order chi connectivity index (χ1) is 2.41. The first kappa shape index (κ1) is 9.13. The van der Waals surface area contributed by atoms with E-state index in [9.17, 15) is 0 Å². The van der Waals surface area contributed by atoms with Gasteiger partial charge in [0.05, 0.1) is 12.1 Å². The summed E-state index contributed by atoms with van der Waals surface area (Å²) in [4.78, 5) is 0. The first-order valence-electron chi connectivity index (χ1n) is 1.15. The third-order valence-electron chi connectivity index (χ3n) is 0.158. The van der Waals surface area contributed by atoms with Crippen molar-refractivity contribution < 1.29 is 0 Å². The third kappa shape index (κ3) is 9.55. The van der Waals surface area contributed by atoms with E-state index >= 15 is 0 Å². The van der Waals surface area contributed by atoms with Gasteiger partial charge in [-0.25, -0.2) is 0 Å². The van der Waals surface area contributed by atoms with Crippen LogP contribution >= 0.6 is 0 Å². The van der Waals surface area contributed by atoms with Crippen molar-refractivity contribution in [1.29, 1.82) is 10.5 Å². The van der Waals surface area contributed by atoms with Crippen LogP contribution in [0.2, 0.25) is 0 Å². The first-order valence-corrected chi connectivity index (χ1v) is 1.15. The Hall–Kier alpha value is -0.423. The fourth-order valence-corrected chi connectivity index (χ4v) is 0.0354. The minimum atomic E-state index is 0. The summed E-state index contributed by atoms with van der Waals surface area (Å²) < 4.78 is 0. The van der Waals surface area contributed by atoms with E-state index in [1.807, 2.05) is 0 Å². The molecule has 25 valence electrons. The molecule has 0 aromatic heterocycles. The number of rotatable bonds is 0. The monoisotopic (exact) mass is 73.0 g/mol. The van der Waals surface area contributed by atoms with E-state index in [0.717, 1.165) is 0 Å². The van der Waals surface area contributed by atoms with E-state index < -0.39 is 0 Å². The van der Waals surface area contributed by atoms with E-state index in [-0.39, 0.29) is 25.3 Å². The fourth-order valence-electron chi connectivity index (χ4n) is 0.0354. The topological polar surface area (TPSA) is 47.6 Å². The summed E-state index contributed by atoms with van der Waals surface area (Å²) in [6, 6.07) is 3.31. The Bertz CT molecular complexity index is 73.9. The van der Waals surface area contributed by atoms with Gasteiger partial charge in [-0.2, -0.15) is 10.5 Å². The number of hydrogen-bond donors (Lipinski definition) is 0. The molecule has 0 bridgehead atoms. The minimum absolute atomic E-state index is 0. The zero-order valence-electron chi connectivity index (χ0n) is 3.60. The molecule has 6 heavy (non-hydrogen) atoms. The molecule has 0 fully saturated rings. The Labute approximate surface area is 48.6 Å². The van der Waals surface area contributed by atoms with Crippen LogP contribution in [0.1, 0.15) is 6.42 Å². The van der Waals surface area contributed by atoms with Crippen LogP contribution in [-0.2, 0) is 0 Å². The summed E-state index contributed by atoms with van der Waals surface area (Å²) in [6.45, 7) is 0. The molecule has 0 N–H and O–H groups in total. The van der Waals surface area contributed by atoms with Crippen molar-refractivity contribution in [1.82, 2.24) is 0 Å². The average Bonchev–Trinajstić information content (AvgIpc) is 1.41. The van der Waals surface area contributed by atoms with E-state index in [0.29, 0.717) is 0 Å². The molecule has 0 rings (SSSR count). The van der Waals surface area contributed by atoms with Gasteiger partial charge in [-0.1, -0.05) is 0 Å². The van der Waals surface area contributed by atoms with Gasteiger partial charge in [-0.3, -0.25) is 0 Å². The predicted octanol–water partition coefficient (Wildman–Crippen LogP) is 0.0429. The van der Waals surface area contributed by atoms with Gasteiger partial charge < -0.3 is 0 Å². The number of nitrogens with zero attached hydrogens (tertiary/aromatic N) is 2. The van der Waals surface area contributed by atoms with Crippen molar-refractivity contribution in [3.8, 4) is 12.1 Å². The van der Waals surface area contributed by atoms with Crippen LogP contribution in [0.5, 0.6) is 0 Å². The molecule has 0 aliphatic carbocycles. The van der Waals surface area contributed by atoms with Gasteiger partial charge in [0.15, 0.2) is 0 Å². The molecule has 0 aromatic carbocycles. The number of nitriles is 2. The van der Waals surface area contributed by atoms with Crippen LogP contribution in [0.4, 0.5) is 0 Å². The van der Waals surface area contributed by atoms with Crippen LogP contribution in [0.3, 0.4) is 0 Å². The van der Waals surface area contributed by atoms with Gasteiger partial charge in [-0.05, 0) is 0 Å². The third-order valence-corrected chi connectivity index (χ3v) is 0.158. The van der Waals surface area contributed by atoms with Gasteiger partial charge in [0.25, 0.3) is 0 Å². The molecular formula is C3H2LiN2. The standard InChI is InChI=1S/C3H2N2.Li/c4-2-1-3-5;/h1H2;. The van der Waals surface area contributed by atoms with E-state index in [1.165, 1.54) is 0 Å². The Balaban J connectivity index is 0. The normalized spacial score (nSPS) is 3.67. The van der Waals surface area contributed by atoms with E-state index in [1.54, 1.807) is 12.1 Å². The molecule has 1 radical (unpaired) electrons. The zero-order chi connectivity index (χ0) is 4.12. The molecule has 3 heteroatoms. The molecule has 0 aliphatic heterocycles. The maximum absolute atomic E-state index is 7.59. The van der Waals surface area contributed by atoms with Crippen LogP contribution in [0.15, 0.2) is 0 Å². The molecular weight excluding hydrogens is 71.0 g/mol. The van der Waals surface area contributed by atoms with Crippen LogP contribution in [0.25, 0.3) is 0 Å². The molecule has 0 unspecified atom stereocenters. The molecule has 0 saturated heterocycles. The van der Waals surface area contributed by atoms with Crippen LogP contribution in [0, 0.1) is 22.7 Å². The van der Waals surface area contributed by atoms with Crippen molar-refractivity contribution in [2.45, 2.75) is 6.42 Å². The molecule has 0 amide bonds. The van der Waals surface area contributed by atoms with Crippen molar-refractivity contribution in [2.75, 3.05) is 0 Å². The van der Waals surface area contributed by atoms with Crippen molar-refractivity contribution in [2.24, 2.45) is 0 Å². The van der Waals surface area contributed by atoms with Crippen molar-refractivity contribution in [3.05, 3.63) is 0 Å². The van der Waals surface area contributed by atoms with Gasteiger partial charge >= 0.3 is 0 Å². The predicted molar refractivity (Wildman–Crippen MR) is 21.6 cm³/mol. The second-order valence-corrected chi connectivity index (χ2v) is 0.493. The quantitative estimate of drug-likeness (QED) is 0.380. The Kier molecular flexibility index (Phi) is 13.4. The van der Waals surface area contributed by atoms with Crippen molar-refractivity contribution in [3.63, 3.8) is 0 Å². The van der Waals surface area contributed by atoms with E-state index in [2.05, 4.69) is 0 Å². The van der Waals surface area contributed by atoms with E-state index in [4.69, 9.17) is 10.5 Å². The summed E-state index contributed by atoms with van der Waals surface area (Å²) in [6.07, 6.45) is 0. The molecule has 0 saturated carbocycles. The summed E-state index contributed by atoms with van der Waals surface area (Å²) in [5, 5.41) is 15.2. The van der Waals surface area contributed by atoms with Crippen LogP contribution < -0.4 is 0 Å². The smallest absolute Gasteiger partial charge is 0.122 e. The Morgan fingerprint density at radius 2 is 1.50 bits per heavy atom. The Morgan fingerprint density at radius 3 is 1.50 bits per heavy atom. The summed E-state index contributed by atoms with van der Waals surface area (Å²) in [7, 11) is 0. The SMILES string of the molecule is N#CCC#N.[Li]. The molecule has 0 heterocycles. The second-order valence-electron chi connectivity index (χ2n) is 0.493. The summed E-state index contributed by atoms with van der Waals surface area (Å²) >= 11 is 0. The average molecular weight is 73.0 g/mol. The van der Waals surface area contributed by atoms with Gasteiger partial charge in [0.2, 0.25) is 0 Å². The molecule has 0 aromatic rings. The molecule has 0 spiro atoms. The maximum atomic E-state index is 7.59. The Morgan fingerprint density at radius 1 is 1.17 bits per heavy atom. The van der Waals surface area contributed by atoms with Gasteiger partial charge in [0.1, 0.15) is 6.42 Å². The van der Waals surface area contributed by atoms with Crippen LogP contribution in [-0.4, -0.2) is 18.9 Å². The molecule has 2 nitrogen and oxygen atoms in total. The maximum Gasteiger partial charge on any atom is 0.122 e. The molecule has 0 aliphatic rings. The largest absolute Gasteiger partial charge is 0.197 e. The molecule has 0 atom stereocenters. The summed E-state index contributed by atoms with van der Waals surface area (Å²) in [5.74, 6) is 0. The van der Waals surface area contributed by atoms with Gasteiger partial charge in [-0.15, -0.1) is 0 Å². The minimum Gasteiger partial charge on any atom is -0.197 e. The number of hydrogen-bond acceptors (Lipinski definition) is 2. The second kappa shape index (κ2) is 8.82. The summed E-state index contributed by atoms with van der Waals surface area (Å²) in [5.41, 5.74) is 0. The van der Waals surface area contributed by atoms with Gasteiger partial charge in [0, 0.05) is 18.9 Å². The van der Waals surface area contributed by atoms with Crippen molar-refractivity contribution >= 4 is 18.9 Å². The fraction of sp³-hybridized carbons (Fsp3) is 0.333. The zero-order valence-corrected chi connectivity index (χ0v) is 3.60.